The molecule has 0 bridgehead atoms. The van der Waals surface area contributed by atoms with E-state index in [2.05, 4.69) is 0 Å². The molecule has 1 aliphatic heterocycles. The number of carboxylic acid groups (broad SMARTS) is 2. The first-order chi connectivity index (χ1) is 11.3. The first kappa shape index (κ1) is 18.0. The van der Waals surface area contributed by atoms with Crippen molar-refractivity contribution in [2.45, 2.75) is 12.5 Å². The zero-order valence-corrected chi connectivity index (χ0v) is 14.1. The predicted octanol–water partition coefficient (Wildman–Crippen LogP) is 1.82. The van der Waals surface area contributed by atoms with Gasteiger partial charge in [-0.25, -0.2) is 4.79 Å². The molecule has 1 fully saturated rings. The number of hydrogen-bond donors (Lipinski definition) is 2. The van der Waals surface area contributed by atoms with E-state index in [1.165, 1.54) is 7.11 Å². The van der Waals surface area contributed by atoms with Crippen LogP contribution in [-0.4, -0.2) is 50.4 Å². The van der Waals surface area contributed by atoms with Crippen molar-refractivity contribution in [2.24, 2.45) is 0 Å². The summed E-state index contributed by atoms with van der Waals surface area (Å²) in [6.45, 7) is 0. The van der Waals surface area contributed by atoms with Crippen LogP contribution in [-0.2, 0) is 14.4 Å². The van der Waals surface area contributed by atoms with Crippen LogP contribution in [0.2, 0.25) is 0 Å². The molecular formula is C15H13NO6S2. The Kier molecular flexibility index (Phi) is 5.58. The highest BCUT2D eigenvalue weighted by atomic mass is 32.2. The number of methoxy groups -OCH3 is 1. The van der Waals surface area contributed by atoms with E-state index in [-0.39, 0.29) is 9.23 Å². The number of thioether (sulfide) groups is 1. The number of aliphatic carboxylic acids is 2. The topological polar surface area (TPSA) is 104 Å². The number of rotatable bonds is 6. The molecule has 0 spiro atoms. The molecule has 1 aromatic carbocycles. The Bertz CT molecular complexity index is 745. The molecule has 2 rings (SSSR count). The van der Waals surface area contributed by atoms with Gasteiger partial charge in [0.1, 0.15) is 16.1 Å². The maximum Gasteiger partial charge on any atom is 0.327 e. The maximum absolute atomic E-state index is 12.5. The molecule has 126 valence electrons. The van der Waals surface area contributed by atoms with E-state index >= 15 is 0 Å². The van der Waals surface area contributed by atoms with Crippen LogP contribution in [0.3, 0.4) is 0 Å². The average molecular weight is 367 g/mol. The summed E-state index contributed by atoms with van der Waals surface area (Å²) in [4.78, 5) is 35.7. The molecule has 9 heteroatoms. The first-order valence-corrected chi connectivity index (χ1v) is 7.91. The Morgan fingerprint density at radius 1 is 1.42 bits per heavy atom. The Morgan fingerprint density at radius 3 is 2.71 bits per heavy atom. The van der Waals surface area contributed by atoms with Crippen LogP contribution in [0.25, 0.3) is 6.08 Å². The van der Waals surface area contributed by atoms with Crippen LogP contribution in [0, 0.1) is 0 Å². The summed E-state index contributed by atoms with van der Waals surface area (Å²) in [5.74, 6) is -2.76. The minimum absolute atomic E-state index is 0.0165. The molecule has 1 amide bonds. The maximum atomic E-state index is 12.5. The van der Waals surface area contributed by atoms with Gasteiger partial charge in [-0.15, -0.1) is 0 Å². The monoisotopic (exact) mass is 367 g/mol. The molecule has 0 saturated carbocycles. The molecule has 1 saturated heterocycles. The van der Waals surface area contributed by atoms with Gasteiger partial charge in [0.05, 0.1) is 18.4 Å². The molecule has 0 aromatic heterocycles. The van der Waals surface area contributed by atoms with Crippen LogP contribution < -0.4 is 4.74 Å². The van der Waals surface area contributed by atoms with Gasteiger partial charge in [-0.05, 0) is 23.8 Å². The van der Waals surface area contributed by atoms with Crippen LogP contribution >= 0.6 is 24.0 Å². The molecule has 7 nitrogen and oxygen atoms in total. The van der Waals surface area contributed by atoms with Crippen molar-refractivity contribution in [1.29, 1.82) is 0 Å². The fourth-order valence-corrected chi connectivity index (χ4v) is 3.44. The molecule has 0 unspecified atom stereocenters. The second-order valence-corrected chi connectivity index (χ2v) is 6.46. The summed E-state index contributed by atoms with van der Waals surface area (Å²) in [7, 11) is 1.52. The quantitative estimate of drug-likeness (QED) is 0.580. The van der Waals surface area contributed by atoms with Gasteiger partial charge in [-0.2, -0.15) is 0 Å². The normalized spacial score (nSPS) is 17.2. The number of carbonyl (C=O) groups excluding carboxylic acids is 1. The van der Waals surface area contributed by atoms with Gasteiger partial charge in [0.2, 0.25) is 0 Å². The Morgan fingerprint density at radius 2 is 2.12 bits per heavy atom. The third-order valence-corrected chi connectivity index (χ3v) is 4.51. The predicted molar refractivity (Wildman–Crippen MR) is 91.7 cm³/mol. The van der Waals surface area contributed by atoms with Gasteiger partial charge >= 0.3 is 11.9 Å². The first-order valence-electron chi connectivity index (χ1n) is 6.69. The lowest BCUT2D eigenvalue weighted by molar-refractivity contribution is -0.150. The Balaban J connectivity index is 2.31. The zero-order chi connectivity index (χ0) is 17.9. The standard InChI is InChI=1S/C15H13NO6S2/c1-22-9-4-2-3-8(5-9)6-11-13(19)16(15(23)24-11)10(14(20)21)7-12(17)18/h2-6,10H,7H2,1H3,(H,17,18)(H,20,21)/b11-6-/t10-/m1/s1. The summed E-state index contributed by atoms with van der Waals surface area (Å²) in [6, 6.07) is 5.41. The highest BCUT2D eigenvalue weighted by molar-refractivity contribution is 8.26. The number of ether oxygens (including phenoxy) is 1. The molecule has 1 aromatic rings. The lowest BCUT2D eigenvalue weighted by atomic mass is 10.1. The summed E-state index contributed by atoms with van der Waals surface area (Å²) in [5, 5.41) is 18.0. The molecule has 0 radical (unpaired) electrons. The lowest BCUT2D eigenvalue weighted by Gasteiger charge is -2.21. The van der Waals surface area contributed by atoms with Crippen molar-refractivity contribution in [3.8, 4) is 5.75 Å². The van der Waals surface area contributed by atoms with Gasteiger partial charge in [0.15, 0.2) is 0 Å². The summed E-state index contributed by atoms with van der Waals surface area (Å²) >= 11 is 5.99. The average Bonchev–Trinajstić information content (AvgIpc) is 2.79. The van der Waals surface area contributed by atoms with Crippen molar-refractivity contribution in [3.05, 3.63) is 34.7 Å². The van der Waals surface area contributed by atoms with Crippen LogP contribution in [0.5, 0.6) is 5.75 Å². The lowest BCUT2D eigenvalue weighted by Crippen LogP contribution is -2.45. The number of carboxylic acids is 2. The highest BCUT2D eigenvalue weighted by Crippen LogP contribution is 2.35. The SMILES string of the molecule is COc1cccc(/C=C2\SC(=S)N([C@H](CC(=O)O)C(=O)O)C2=O)c1. The fourth-order valence-electron chi connectivity index (χ4n) is 2.09. The van der Waals surface area contributed by atoms with Crippen molar-refractivity contribution in [3.63, 3.8) is 0 Å². The Hall–Kier alpha value is -2.39. The molecule has 1 heterocycles. The summed E-state index contributed by atoms with van der Waals surface area (Å²) in [6.07, 6.45) is 0.829. The molecular weight excluding hydrogens is 354 g/mol. The third-order valence-electron chi connectivity index (χ3n) is 3.18. The molecule has 1 aliphatic rings. The minimum atomic E-state index is -1.54. The van der Waals surface area contributed by atoms with E-state index in [1.807, 2.05) is 0 Å². The molecule has 0 aliphatic carbocycles. The van der Waals surface area contributed by atoms with Gasteiger partial charge in [-0.1, -0.05) is 36.1 Å². The van der Waals surface area contributed by atoms with Crippen molar-refractivity contribution < 1.29 is 29.3 Å². The summed E-state index contributed by atoms with van der Waals surface area (Å²) in [5.41, 5.74) is 0.681. The number of thiocarbonyl (C=S) groups is 1. The minimum Gasteiger partial charge on any atom is -0.497 e. The van der Waals surface area contributed by atoms with Crippen LogP contribution in [0.15, 0.2) is 29.2 Å². The van der Waals surface area contributed by atoms with Gasteiger partial charge in [0.25, 0.3) is 5.91 Å². The van der Waals surface area contributed by atoms with E-state index in [0.717, 1.165) is 16.7 Å². The number of benzene rings is 1. The smallest absolute Gasteiger partial charge is 0.327 e. The van der Waals surface area contributed by atoms with Crippen molar-refractivity contribution in [2.75, 3.05) is 7.11 Å². The van der Waals surface area contributed by atoms with E-state index in [4.69, 9.17) is 22.1 Å². The Labute approximate surface area is 146 Å². The van der Waals surface area contributed by atoms with E-state index < -0.39 is 30.3 Å². The number of nitrogens with zero attached hydrogens (tertiary/aromatic N) is 1. The largest absolute Gasteiger partial charge is 0.497 e. The van der Waals surface area contributed by atoms with Gasteiger partial charge < -0.3 is 14.9 Å². The molecule has 24 heavy (non-hydrogen) atoms. The number of hydrogen-bond acceptors (Lipinski definition) is 6. The highest BCUT2D eigenvalue weighted by Gasteiger charge is 2.41. The number of carbonyl (C=O) groups is 3. The molecule has 2 N–H and O–H groups in total. The number of amides is 1. The van der Waals surface area contributed by atoms with Gasteiger partial charge in [0, 0.05) is 0 Å². The molecule has 1 atom stereocenters. The van der Waals surface area contributed by atoms with E-state index in [0.29, 0.717) is 11.3 Å². The van der Waals surface area contributed by atoms with Crippen LogP contribution in [0.1, 0.15) is 12.0 Å². The van der Waals surface area contributed by atoms with E-state index in [9.17, 15) is 19.5 Å². The fraction of sp³-hybridized carbons (Fsp3) is 0.200. The zero-order valence-electron chi connectivity index (χ0n) is 12.5. The van der Waals surface area contributed by atoms with Crippen LogP contribution in [0.4, 0.5) is 0 Å². The second kappa shape index (κ2) is 7.45. The van der Waals surface area contributed by atoms with Crippen molar-refractivity contribution in [1.82, 2.24) is 4.90 Å². The van der Waals surface area contributed by atoms with Crippen molar-refractivity contribution >= 4 is 52.2 Å². The van der Waals surface area contributed by atoms with Gasteiger partial charge in [-0.3, -0.25) is 14.5 Å². The van der Waals surface area contributed by atoms with E-state index in [1.54, 1.807) is 30.3 Å². The summed E-state index contributed by atoms with van der Waals surface area (Å²) < 4.78 is 5.12. The third kappa shape index (κ3) is 3.92. The second-order valence-electron chi connectivity index (χ2n) is 4.78.